The summed E-state index contributed by atoms with van der Waals surface area (Å²) in [5, 5.41) is 19.6. The zero-order chi connectivity index (χ0) is 28.0. The molecule has 1 aromatic rings. The zero-order valence-corrected chi connectivity index (χ0v) is 24.2. The number of nitrogens with zero attached hydrogens (tertiary/aromatic N) is 1. The molecule has 1 aromatic carbocycles. The van der Waals surface area contributed by atoms with Crippen molar-refractivity contribution < 1.29 is 19.7 Å². The van der Waals surface area contributed by atoms with E-state index in [0.717, 1.165) is 50.6 Å². The van der Waals surface area contributed by atoms with Crippen LogP contribution in [0.5, 0.6) is 0 Å². The van der Waals surface area contributed by atoms with Crippen LogP contribution in [0.1, 0.15) is 70.6 Å². The lowest BCUT2D eigenvalue weighted by atomic mass is 10.1. The lowest BCUT2D eigenvalue weighted by Crippen LogP contribution is -2.26. The Balaban J connectivity index is 0.000000286. The number of ether oxygens (including phenoxy) is 1. The largest absolute Gasteiger partial charge is 0.465 e. The highest BCUT2D eigenvalue weighted by atomic mass is 32.2. The molecule has 1 amide bonds. The van der Waals surface area contributed by atoms with Crippen LogP contribution in [-0.4, -0.2) is 59.6 Å². The summed E-state index contributed by atoms with van der Waals surface area (Å²) < 4.78 is 8.24. The van der Waals surface area contributed by atoms with Crippen molar-refractivity contribution in [1.29, 1.82) is 0 Å². The van der Waals surface area contributed by atoms with Crippen molar-refractivity contribution >= 4 is 23.7 Å². The zero-order valence-electron chi connectivity index (χ0n) is 23.4. The average molecular weight is 560 g/mol. The van der Waals surface area contributed by atoms with Gasteiger partial charge in [0.2, 0.25) is 0 Å². The molecule has 1 unspecified atom stereocenters. The van der Waals surface area contributed by atoms with E-state index < -0.39 is 6.09 Å². The number of benzene rings is 1. The Morgan fingerprint density at radius 2 is 1.79 bits per heavy atom. The number of hydrogen-bond acceptors (Lipinski definition) is 6. The van der Waals surface area contributed by atoms with Gasteiger partial charge in [0.25, 0.3) is 0 Å². The van der Waals surface area contributed by atoms with Crippen LogP contribution >= 0.6 is 11.9 Å². The summed E-state index contributed by atoms with van der Waals surface area (Å²) in [6.07, 6.45) is 23.0. The van der Waals surface area contributed by atoms with Crippen LogP contribution in [-0.2, 0) is 4.74 Å². The Labute approximate surface area is 239 Å². The Bertz CT molecular complexity index is 857. The monoisotopic (exact) mass is 559 g/mol. The fourth-order valence-electron chi connectivity index (χ4n) is 4.62. The number of carboxylic acid groups (broad SMARTS) is 1. The summed E-state index contributed by atoms with van der Waals surface area (Å²) in [6, 6.07) is 9.49. The number of anilines is 1. The Hall–Kier alpha value is -2.26. The van der Waals surface area contributed by atoms with Crippen molar-refractivity contribution in [2.75, 3.05) is 38.6 Å². The lowest BCUT2D eigenvalue weighted by molar-refractivity contribution is 0.111. The molecule has 2 bridgehead atoms. The van der Waals surface area contributed by atoms with Crippen molar-refractivity contribution in [3.05, 3.63) is 65.6 Å². The molecule has 1 aliphatic heterocycles. The second-order valence-corrected chi connectivity index (χ2v) is 11.3. The molecule has 0 aromatic heterocycles. The molecular formula is C31H49N3O4S. The van der Waals surface area contributed by atoms with Crippen LogP contribution in [0.3, 0.4) is 0 Å². The van der Waals surface area contributed by atoms with Gasteiger partial charge in [0.05, 0.1) is 6.10 Å². The van der Waals surface area contributed by atoms with Gasteiger partial charge in [-0.1, -0.05) is 81.4 Å². The maximum absolute atomic E-state index is 10.5. The van der Waals surface area contributed by atoms with Gasteiger partial charge < -0.3 is 26.0 Å². The quantitative estimate of drug-likeness (QED) is 0.173. The number of fused-ring (bicyclic) bond motifs is 2. The summed E-state index contributed by atoms with van der Waals surface area (Å²) in [6.45, 7) is 3.62. The van der Waals surface area contributed by atoms with E-state index in [1.807, 2.05) is 30.3 Å². The molecule has 39 heavy (non-hydrogen) atoms. The molecule has 7 nitrogen and oxygen atoms in total. The molecule has 8 heteroatoms. The highest BCUT2D eigenvalue weighted by Crippen LogP contribution is 2.27. The molecule has 1 atom stereocenters. The van der Waals surface area contributed by atoms with Crippen LogP contribution < -0.4 is 11.1 Å². The second kappa shape index (κ2) is 21.5. The summed E-state index contributed by atoms with van der Waals surface area (Å²) in [5.41, 5.74) is 6.18. The normalized spacial score (nSPS) is 20.4. The Morgan fingerprint density at radius 1 is 1.05 bits per heavy atom. The molecule has 5 N–H and O–H groups in total. The number of hydrogen-bond donors (Lipinski definition) is 4. The van der Waals surface area contributed by atoms with E-state index in [-0.39, 0.29) is 6.10 Å². The van der Waals surface area contributed by atoms with Gasteiger partial charge in [-0.2, -0.15) is 0 Å². The third kappa shape index (κ3) is 17.1. The van der Waals surface area contributed by atoms with E-state index in [9.17, 15) is 4.79 Å². The lowest BCUT2D eigenvalue weighted by Gasteiger charge is -2.21. The summed E-state index contributed by atoms with van der Waals surface area (Å²) in [7, 11) is 0. The highest BCUT2D eigenvalue weighted by Gasteiger charge is 2.13. The van der Waals surface area contributed by atoms with Gasteiger partial charge in [0.1, 0.15) is 0 Å². The smallest absolute Gasteiger partial charge is 0.404 e. The van der Waals surface area contributed by atoms with Gasteiger partial charge in [0, 0.05) is 43.4 Å². The van der Waals surface area contributed by atoms with Crippen LogP contribution in [0.4, 0.5) is 10.5 Å². The molecule has 4 rings (SSSR count). The minimum atomic E-state index is -0.950. The minimum Gasteiger partial charge on any atom is -0.465 e. The molecular weight excluding hydrogens is 510 g/mol. The molecule has 1 saturated carbocycles. The number of aliphatic hydroxyl groups excluding tert-OH is 1. The average Bonchev–Trinajstić information content (AvgIpc) is 3.34. The Morgan fingerprint density at radius 3 is 2.49 bits per heavy atom. The molecule has 3 aliphatic rings. The fourth-order valence-corrected chi connectivity index (χ4v) is 5.64. The van der Waals surface area contributed by atoms with Crippen molar-refractivity contribution in [3.63, 3.8) is 0 Å². The Kier molecular flexibility index (Phi) is 18.2. The van der Waals surface area contributed by atoms with Crippen molar-refractivity contribution in [2.45, 2.75) is 76.7 Å². The highest BCUT2D eigenvalue weighted by molar-refractivity contribution is 8.01. The van der Waals surface area contributed by atoms with Gasteiger partial charge in [-0.25, -0.2) is 9.10 Å². The standard InChI is InChI=1S/C18H28N2O3S.C7H14O.C6H7N/c21-18(22)19-12-7-14-20-13-4-2-1-3-5-15-23-16-8-6-9-17(24-20)11-10-16;8-6-5-7-3-1-2-4-7;7-6-4-2-1-3-5-6/h6,8-11,16,19H,1-5,7,12-15H2,(H,21,22);7-8H,1-6H2;1-5H,7H2. The topological polar surface area (TPSA) is 108 Å². The maximum Gasteiger partial charge on any atom is 0.404 e. The molecule has 0 saturated heterocycles. The van der Waals surface area contributed by atoms with E-state index in [1.54, 1.807) is 11.9 Å². The van der Waals surface area contributed by atoms with Crippen molar-refractivity contribution in [3.8, 4) is 0 Å². The third-order valence-electron chi connectivity index (χ3n) is 6.78. The number of nitrogen functional groups attached to an aromatic ring is 1. The number of allylic oxidation sites excluding steroid dienone is 3. The van der Waals surface area contributed by atoms with Crippen LogP contribution in [0.25, 0.3) is 0 Å². The number of para-hydroxylation sites is 1. The molecule has 0 radical (unpaired) electrons. The predicted octanol–water partition coefficient (Wildman–Crippen LogP) is 6.78. The number of amides is 1. The van der Waals surface area contributed by atoms with E-state index in [1.165, 1.54) is 56.3 Å². The SMILES string of the molecule is Nc1ccccc1.O=C(O)NCCCN1CCCCCCCOC2C=CC=C(C=C2)S1.OCCC1CCCC1. The predicted molar refractivity (Wildman–Crippen MR) is 164 cm³/mol. The molecule has 218 valence electrons. The molecule has 0 spiro atoms. The summed E-state index contributed by atoms with van der Waals surface area (Å²) in [4.78, 5) is 11.7. The molecule has 1 fully saturated rings. The maximum atomic E-state index is 10.5. The minimum absolute atomic E-state index is 0.0653. The van der Waals surface area contributed by atoms with Crippen molar-refractivity contribution in [1.82, 2.24) is 9.62 Å². The fraction of sp³-hybridized carbons (Fsp3) is 0.581. The van der Waals surface area contributed by atoms with E-state index in [2.05, 4.69) is 40.0 Å². The van der Waals surface area contributed by atoms with Crippen LogP contribution in [0.15, 0.2) is 65.6 Å². The number of nitrogens with two attached hydrogens (primary N) is 1. The van der Waals surface area contributed by atoms with Gasteiger partial charge in [-0.3, -0.25) is 0 Å². The van der Waals surface area contributed by atoms with Gasteiger partial charge in [-0.05, 0) is 67.8 Å². The van der Waals surface area contributed by atoms with Crippen LogP contribution in [0.2, 0.25) is 0 Å². The first-order valence-electron chi connectivity index (χ1n) is 14.6. The summed E-state index contributed by atoms with van der Waals surface area (Å²) in [5.74, 6) is 0.861. The number of nitrogens with one attached hydrogen (secondary N) is 1. The van der Waals surface area contributed by atoms with E-state index >= 15 is 0 Å². The van der Waals surface area contributed by atoms with Gasteiger partial charge in [-0.15, -0.1) is 0 Å². The third-order valence-corrected chi connectivity index (χ3v) is 7.89. The van der Waals surface area contributed by atoms with Gasteiger partial charge >= 0.3 is 6.09 Å². The van der Waals surface area contributed by atoms with Crippen LogP contribution in [0, 0.1) is 5.92 Å². The van der Waals surface area contributed by atoms with Gasteiger partial charge in [0.15, 0.2) is 0 Å². The number of carbonyl (C=O) groups is 1. The first kappa shape index (κ1) is 32.9. The first-order chi connectivity index (χ1) is 19.1. The molecule has 1 heterocycles. The van der Waals surface area contributed by atoms with E-state index in [4.69, 9.17) is 20.7 Å². The first-order valence-corrected chi connectivity index (χ1v) is 15.3. The molecule has 2 aliphatic carbocycles. The second-order valence-electron chi connectivity index (χ2n) is 10.1. The number of aliphatic hydroxyl groups is 1. The summed E-state index contributed by atoms with van der Waals surface area (Å²) >= 11 is 1.75. The number of rotatable bonds is 6. The van der Waals surface area contributed by atoms with Crippen molar-refractivity contribution in [2.24, 2.45) is 5.92 Å². The van der Waals surface area contributed by atoms with E-state index in [0.29, 0.717) is 13.2 Å².